The van der Waals surface area contributed by atoms with Crippen molar-refractivity contribution in [2.45, 2.75) is 13.3 Å². The fourth-order valence-electron chi connectivity index (χ4n) is 2.09. The fraction of sp³-hybridized carbons (Fsp3) is 0.143. The van der Waals surface area contributed by atoms with Crippen LogP contribution in [0.4, 0.5) is 13.2 Å². The number of nitrogens with zero attached hydrogens (tertiary/aromatic N) is 2. The van der Waals surface area contributed by atoms with Gasteiger partial charge in [-0.25, -0.2) is 4.98 Å². The molecule has 1 aromatic rings. The van der Waals surface area contributed by atoms with Crippen molar-refractivity contribution in [3.63, 3.8) is 0 Å². The van der Waals surface area contributed by atoms with Crippen LogP contribution in [-0.4, -0.2) is 26.4 Å². The lowest BCUT2D eigenvalue weighted by Gasteiger charge is -2.08. The molecule has 0 radical (unpaired) electrons. The Morgan fingerprint density at radius 3 is 2.45 bits per heavy atom. The van der Waals surface area contributed by atoms with E-state index in [1.54, 1.807) is 13.0 Å². The number of aromatic nitrogens is 3. The molecule has 8 heteroatoms. The van der Waals surface area contributed by atoms with Crippen molar-refractivity contribution in [1.82, 2.24) is 15.0 Å². The van der Waals surface area contributed by atoms with Crippen molar-refractivity contribution < 1.29 is 23.0 Å². The number of benzene rings is 1. The Bertz CT molecular complexity index is 781. The lowest BCUT2D eigenvalue weighted by molar-refractivity contribution is -0.274. The molecule has 0 aromatic heterocycles. The first-order valence-electron chi connectivity index (χ1n) is 6.24. The third kappa shape index (κ3) is 2.80. The van der Waals surface area contributed by atoms with E-state index in [9.17, 15) is 18.3 Å². The highest BCUT2D eigenvalue weighted by molar-refractivity contribution is 5.73. The molecule has 0 unspecified atom stereocenters. The Balaban J connectivity index is 1.95. The van der Waals surface area contributed by atoms with Crippen LogP contribution in [0, 0.1) is 6.92 Å². The summed E-state index contributed by atoms with van der Waals surface area (Å²) in [6, 6.07) is 7.01. The van der Waals surface area contributed by atoms with Gasteiger partial charge in [-0.3, -0.25) is 0 Å². The first-order chi connectivity index (χ1) is 10.3. The number of aromatic hydroxyl groups is 1. The maximum absolute atomic E-state index is 12.1. The van der Waals surface area contributed by atoms with Gasteiger partial charge in [0.15, 0.2) is 0 Å². The molecule has 0 fully saturated rings. The Morgan fingerprint density at radius 2 is 1.82 bits per heavy atom. The summed E-state index contributed by atoms with van der Waals surface area (Å²) >= 11 is 0. The van der Waals surface area contributed by atoms with Gasteiger partial charge in [0.05, 0.1) is 11.4 Å². The summed E-state index contributed by atoms with van der Waals surface area (Å²) in [4.78, 5) is 11.0. The van der Waals surface area contributed by atoms with E-state index in [0.717, 1.165) is 0 Å². The van der Waals surface area contributed by atoms with E-state index in [-0.39, 0.29) is 11.6 Å². The number of aromatic amines is 1. The zero-order valence-electron chi connectivity index (χ0n) is 11.3. The maximum Gasteiger partial charge on any atom is 0.573 e. The van der Waals surface area contributed by atoms with Gasteiger partial charge in [-0.1, -0.05) is 0 Å². The summed E-state index contributed by atoms with van der Waals surface area (Å²) < 4.78 is 40.1. The van der Waals surface area contributed by atoms with E-state index < -0.39 is 6.36 Å². The van der Waals surface area contributed by atoms with Gasteiger partial charge in [0.1, 0.15) is 17.3 Å². The van der Waals surface area contributed by atoms with Crippen molar-refractivity contribution >= 4 is 0 Å². The van der Waals surface area contributed by atoms with Crippen molar-refractivity contribution in [2.24, 2.45) is 0 Å². The summed E-state index contributed by atoms with van der Waals surface area (Å²) in [5, 5.41) is 9.75. The Morgan fingerprint density at radius 1 is 1.14 bits per heavy atom. The molecule has 0 saturated heterocycles. The fourth-order valence-corrected chi connectivity index (χ4v) is 2.09. The number of H-pyrrole nitrogens is 1. The van der Waals surface area contributed by atoms with E-state index in [1.807, 2.05) is 0 Å². The topological polar surface area (TPSA) is 71.0 Å². The van der Waals surface area contributed by atoms with Crippen LogP contribution >= 0.6 is 0 Å². The van der Waals surface area contributed by atoms with Gasteiger partial charge in [-0.15, -0.1) is 13.2 Å². The number of fused-ring (bicyclic) bond motifs is 1. The van der Waals surface area contributed by atoms with Crippen molar-refractivity contribution in [1.29, 1.82) is 0 Å². The predicted octanol–water partition coefficient (Wildman–Crippen LogP) is 3.49. The maximum atomic E-state index is 12.1. The first-order valence-corrected chi connectivity index (χ1v) is 6.24. The van der Waals surface area contributed by atoms with Crippen LogP contribution in [0.5, 0.6) is 11.6 Å². The molecule has 0 aliphatic carbocycles. The van der Waals surface area contributed by atoms with Crippen molar-refractivity contribution in [3.05, 3.63) is 36.2 Å². The van der Waals surface area contributed by atoms with Crippen LogP contribution in [-0.2, 0) is 0 Å². The number of ether oxygens (including phenoxy) is 1. The minimum Gasteiger partial charge on any atom is -0.492 e. The Labute approximate surface area is 122 Å². The number of hydrogen-bond donors (Lipinski definition) is 2. The van der Waals surface area contributed by atoms with Gasteiger partial charge in [0, 0.05) is 5.56 Å². The number of halogens is 3. The summed E-state index contributed by atoms with van der Waals surface area (Å²) in [5.41, 5.74) is 2.00. The Kier molecular flexibility index (Phi) is 3.16. The predicted molar refractivity (Wildman–Crippen MR) is 71.5 cm³/mol. The number of nitrogens with one attached hydrogen (secondary N) is 1. The van der Waals surface area contributed by atoms with E-state index in [0.29, 0.717) is 28.5 Å². The molecule has 0 atom stereocenters. The summed E-state index contributed by atoms with van der Waals surface area (Å²) in [6.45, 7) is 1.69. The van der Waals surface area contributed by atoms with Gasteiger partial charge in [0.2, 0.25) is 5.88 Å². The number of hydrogen-bond acceptors (Lipinski definition) is 4. The highest BCUT2D eigenvalue weighted by Gasteiger charge is 2.31. The number of alkyl halides is 3. The quantitative estimate of drug-likeness (QED) is 0.760. The minimum atomic E-state index is -4.72. The van der Waals surface area contributed by atoms with E-state index in [2.05, 4.69) is 19.7 Å². The second-order valence-corrected chi connectivity index (χ2v) is 4.62. The third-order valence-corrected chi connectivity index (χ3v) is 2.95. The van der Waals surface area contributed by atoms with Gasteiger partial charge in [-0.05, 0) is 37.3 Å². The van der Waals surface area contributed by atoms with Crippen LogP contribution in [0.25, 0.3) is 22.6 Å². The van der Waals surface area contributed by atoms with Crippen LogP contribution in [0.1, 0.15) is 5.82 Å². The summed E-state index contributed by atoms with van der Waals surface area (Å²) in [7, 11) is 0. The van der Waals surface area contributed by atoms with E-state index in [4.69, 9.17) is 0 Å². The lowest BCUT2D eigenvalue weighted by atomic mass is 10.1. The Hall–Kier alpha value is -2.77. The molecule has 2 aliphatic rings. The molecule has 2 heterocycles. The monoisotopic (exact) mass is 309 g/mol. The van der Waals surface area contributed by atoms with Crippen LogP contribution < -0.4 is 4.74 Å². The van der Waals surface area contributed by atoms with Crippen LogP contribution in [0.2, 0.25) is 0 Å². The molecular formula is C14H10F3N3O2. The highest BCUT2D eigenvalue weighted by atomic mass is 19.4. The normalized spacial score (nSPS) is 11.8. The van der Waals surface area contributed by atoms with Gasteiger partial charge in [0.25, 0.3) is 0 Å². The molecule has 22 heavy (non-hydrogen) atoms. The molecule has 5 nitrogen and oxygen atoms in total. The molecule has 2 aliphatic heterocycles. The lowest BCUT2D eigenvalue weighted by Crippen LogP contribution is -2.16. The van der Waals surface area contributed by atoms with Crippen molar-refractivity contribution in [2.75, 3.05) is 0 Å². The van der Waals surface area contributed by atoms with E-state index in [1.165, 1.54) is 24.3 Å². The van der Waals surface area contributed by atoms with E-state index >= 15 is 0 Å². The van der Waals surface area contributed by atoms with Gasteiger partial charge < -0.3 is 14.8 Å². The SMILES string of the molecule is Cc1nc(O)c2nc(-c3ccc(OC(F)(F)F)cc3)cc-2[nH]1. The van der Waals surface area contributed by atoms with Crippen LogP contribution in [0.3, 0.4) is 0 Å². The zero-order valence-corrected chi connectivity index (χ0v) is 11.3. The highest BCUT2D eigenvalue weighted by Crippen LogP contribution is 2.33. The second kappa shape index (κ2) is 4.90. The average Bonchev–Trinajstić information content (AvgIpc) is 2.81. The zero-order chi connectivity index (χ0) is 15.9. The molecule has 0 amide bonds. The molecular weight excluding hydrogens is 299 g/mol. The van der Waals surface area contributed by atoms with Crippen molar-refractivity contribution in [3.8, 4) is 34.3 Å². The largest absolute Gasteiger partial charge is 0.573 e. The van der Waals surface area contributed by atoms with Gasteiger partial charge >= 0.3 is 6.36 Å². The molecule has 0 bridgehead atoms. The molecule has 2 N–H and O–H groups in total. The number of aryl methyl sites for hydroxylation is 1. The average molecular weight is 309 g/mol. The first kappa shape index (κ1) is 14.2. The molecule has 1 aromatic carbocycles. The molecule has 0 saturated carbocycles. The number of rotatable bonds is 2. The molecule has 3 rings (SSSR count). The summed E-state index contributed by atoms with van der Waals surface area (Å²) in [6.07, 6.45) is -4.72. The third-order valence-electron chi connectivity index (χ3n) is 2.95. The molecule has 114 valence electrons. The second-order valence-electron chi connectivity index (χ2n) is 4.62. The molecule has 0 spiro atoms. The van der Waals surface area contributed by atoms with Crippen LogP contribution in [0.15, 0.2) is 30.3 Å². The standard InChI is InChI=1S/C14H10F3N3O2/c1-7-18-11-6-10(20-12(11)13(21)19-7)8-2-4-9(5-3-8)22-14(15,16)17/h2-6,21H,1H3,(H,18,19). The summed E-state index contributed by atoms with van der Waals surface area (Å²) in [5.74, 6) is 0.0201. The van der Waals surface area contributed by atoms with Gasteiger partial charge in [-0.2, -0.15) is 4.98 Å². The smallest absolute Gasteiger partial charge is 0.492 e. The minimum absolute atomic E-state index is 0.200.